The number of rotatable bonds is 3. The summed E-state index contributed by atoms with van der Waals surface area (Å²) in [5, 5.41) is 3.59. The number of halogens is 1. The van der Waals surface area contributed by atoms with E-state index >= 15 is 0 Å². The van der Waals surface area contributed by atoms with Gasteiger partial charge in [-0.2, -0.15) is 0 Å². The summed E-state index contributed by atoms with van der Waals surface area (Å²) in [5.41, 5.74) is 2.84. The predicted molar refractivity (Wildman–Crippen MR) is 69.5 cm³/mol. The van der Waals surface area contributed by atoms with Crippen LogP contribution in [-0.2, 0) is 6.42 Å². The first kappa shape index (κ1) is 12.6. The highest BCUT2D eigenvalue weighted by Gasteiger charge is 2.22. The third kappa shape index (κ3) is 3.29. The van der Waals surface area contributed by atoms with Crippen LogP contribution < -0.4 is 5.32 Å². The van der Waals surface area contributed by atoms with Gasteiger partial charge in [0.15, 0.2) is 0 Å². The highest BCUT2D eigenvalue weighted by atomic mass is 19.1. The first-order valence-corrected chi connectivity index (χ1v) is 6.47. The van der Waals surface area contributed by atoms with Crippen molar-refractivity contribution in [3.05, 3.63) is 35.1 Å². The van der Waals surface area contributed by atoms with Crippen molar-refractivity contribution in [2.24, 2.45) is 5.41 Å². The maximum absolute atomic E-state index is 13.1. The van der Waals surface area contributed by atoms with E-state index in [0.717, 1.165) is 19.4 Å². The van der Waals surface area contributed by atoms with Crippen LogP contribution >= 0.6 is 0 Å². The van der Waals surface area contributed by atoms with E-state index in [4.69, 9.17) is 0 Å². The van der Waals surface area contributed by atoms with Crippen LogP contribution in [0.3, 0.4) is 0 Å². The second-order valence-corrected chi connectivity index (χ2v) is 6.20. The molecular weight excluding hydrogens is 213 g/mol. The van der Waals surface area contributed by atoms with Crippen LogP contribution in [0, 0.1) is 11.2 Å². The number of hydrogen-bond donors (Lipinski definition) is 1. The van der Waals surface area contributed by atoms with Crippen LogP contribution in [-0.4, -0.2) is 6.54 Å². The zero-order valence-corrected chi connectivity index (χ0v) is 11.0. The van der Waals surface area contributed by atoms with E-state index in [1.54, 1.807) is 12.1 Å². The Balaban J connectivity index is 1.94. The molecule has 1 aliphatic rings. The van der Waals surface area contributed by atoms with E-state index < -0.39 is 0 Å². The molecule has 0 radical (unpaired) electrons. The van der Waals surface area contributed by atoms with Crippen LogP contribution in [0.5, 0.6) is 0 Å². The van der Waals surface area contributed by atoms with Crippen molar-refractivity contribution in [2.45, 2.75) is 46.1 Å². The molecule has 1 nitrogen and oxygen atoms in total. The zero-order valence-electron chi connectivity index (χ0n) is 11.0. The quantitative estimate of drug-likeness (QED) is 0.839. The molecule has 0 spiro atoms. The minimum atomic E-state index is -0.112. The third-order valence-electron chi connectivity index (χ3n) is 3.45. The molecule has 1 aromatic carbocycles. The fourth-order valence-corrected chi connectivity index (χ4v) is 2.42. The second kappa shape index (κ2) is 4.77. The van der Waals surface area contributed by atoms with Crippen molar-refractivity contribution < 1.29 is 4.39 Å². The lowest BCUT2D eigenvalue weighted by Gasteiger charge is -2.21. The molecule has 94 valence electrons. The minimum absolute atomic E-state index is 0.112. The standard InChI is InChI=1S/C15H22FN/c1-15(2,3)8-9-17-14-7-4-11-10-12(16)5-6-13(11)14/h5-6,10,14,17H,4,7-9H2,1-3H3. The second-order valence-electron chi connectivity index (χ2n) is 6.20. The largest absolute Gasteiger partial charge is 0.310 e. The Morgan fingerprint density at radius 1 is 1.35 bits per heavy atom. The van der Waals surface area contributed by atoms with Gasteiger partial charge >= 0.3 is 0 Å². The van der Waals surface area contributed by atoms with Gasteiger partial charge in [0.25, 0.3) is 0 Å². The van der Waals surface area contributed by atoms with E-state index in [0.29, 0.717) is 11.5 Å². The molecule has 1 aliphatic carbocycles. The monoisotopic (exact) mass is 235 g/mol. The van der Waals surface area contributed by atoms with E-state index in [1.807, 2.05) is 6.07 Å². The summed E-state index contributed by atoms with van der Waals surface area (Å²) in [6.07, 6.45) is 3.27. The molecule has 1 unspecified atom stereocenters. The number of hydrogen-bond acceptors (Lipinski definition) is 1. The summed E-state index contributed by atoms with van der Waals surface area (Å²) in [6.45, 7) is 7.80. The number of benzene rings is 1. The summed E-state index contributed by atoms with van der Waals surface area (Å²) in [7, 11) is 0. The van der Waals surface area contributed by atoms with Crippen LogP contribution in [0.4, 0.5) is 4.39 Å². The van der Waals surface area contributed by atoms with Crippen LogP contribution in [0.1, 0.15) is 50.8 Å². The number of fused-ring (bicyclic) bond motifs is 1. The topological polar surface area (TPSA) is 12.0 Å². The Hall–Kier alpha value is -0.890. The van der Waals surface area contributed by atoms with E-state index in [2.05, 4.69) is 26.1 Å². The molecule has 0 aliphatic heterocycles. The minimum Gasteiger partial charge on any atom is -0.310 e. The Kier molecular flexibility index (Phi) is 3.53. The summed E-state index contributed by atoms with van der Waals surface area (Å²) >= 11 is 0. The summed E-state index contributed by atoms with van der Waals surface area (Å²) in [5.74, 6) is -0.112. The first-order chi connectivity index (χ1) is 7.96. The lowest BCUT2D eigenvalue weighted by Crippen LogP contribution is -2.24. The van der Waals surface area contributed by atoms with Crippen LogP contribution in [0.2, 0.25) is 0 Å². The van der Waals surface area contributed by atoms with Gasteiger partial charge < -0.3 is 5.32 Å². The molecule has 1 atom stereocenters. The fourth-order valence-electron chi connectivity index (χ4n) is 2.42. The first-order valence-electron chi connectivity index (χ1n) is 6.47. The molecule has 0 fully saturated rings. The number of aryl methyl sites for hydroxylation is 1. The van der Waals surface area contributed by atoms with E-state index in [1.165, 1.54) is 17.5 Å². The normalized spacial score (nSPS) is 19.4. The molecule has 1 aromatic rings. The summed E-state index contributed by atoms with van der Waals surface area (Å²) < 4.78 is 13.1. The maximum Gasteiger partial charge on any atom is 0.123 e. The average molecular weight is 235 g/mol. The Morgan fingerprint density at radius 2 is 2.12 bits per heavy atom. The number of nitrogens with one attached hydrogen (secondary N) is 1. The highest BCUT2D eigenvalue weighted by molar-refractivity contribution is 5.34. The fraction of sp³-hybridized carbons (Fsp3) is 0.600. The van der Waals surface area contributed by atoms with Crippen molar-refractivity contribution in [2.75, 3.05) is 6.54 Å². The zero-order chi connectivity index (χ0) is 12.5. The lowest BCUT2D eigenvalue weighted by molar-refractivity contribution is 0.354. The van der Waals surface area contributed by atoms with Crippen molar-refractivity contribution in [3.63, 3.8) is 0 Å². The molecule has 0 saturated carbocycles. The molecule has 17 heavy (non-hydrogen) atoms. The van der Waals surface area contributed by atoms with Crippen molar-refractivity contribution >= 4 is 0 Å². The van der Waals surface area contributed by atoms with E-state index in [-0.39, 0.29) is 5.82 Å². The van der Waals surface area contributed by atoms with Gasteiger partial charge in [0.05, 0.1) is 0 Å². The third-order valence-corrected chi connectivity index (χ3v) is 3.45. The molecule has 1 N–H and O–H groups in total. The maximum atomic E-state index is 13.1. The van der Waals surface area contributed by atoms with Crippen molar-refractivity contribution in [1.29, 1.82) is 0 Å². The van der Waals surface area contributed by atoms with Crippen LogP contribution in [0.25, 0.3) is 0 Å². The smallest absolute Gasteiger partial charge is 0.123 e. The molecule has 2 rings (SSSR count). The molecule has 0 amide bonds. The Morgan fingerprint density at radius 3 is 2.82 bits per heavy atom. The van der Waals surface area contributed by atoms with E-state index in [9.17, 15) is 4.39 Å². The van der Waals surface area contributed by atoms with Gasteiger partial charge in [0.2, 0.25) is 0 Å². The van der Waals surface area contributed by atoms with Gasteiger partial charge in [0, 0.05) is 6.04 Å². The van der Waals surface area contributed by atoms with Gasteiger partial charge in [-0.1, -0.05) is 26.8 Å². The molecule has 0 aromatic heterocycles. The SMILES string of the molecule is CC(C)(C)CCNC1CCc2cc(F)ccc21. The van der Waals surface area contributed by atoms with Gasteiger partial charge in [-0.25, -0.2) is 4.39 Å². The highest BCUT2D eigenvalue weighted by Crippen LogP contribution is 2.31. The van der Waals surface area contributed by atoms with Gasteiger partial charge in [0.1, 0.15) is 5.82 Å². The molecule has 0 saturated heterocycles. The van der Waals surface area contributed by atoms with Gasteiger partial charge in [-0.05, 0) is 54.5 Å². The molecule has 2 heteroatoms. The van der Waals surface area contributed by atoms with Crippen molar-refractivity contribution in [1.82, 2.24) is 5.32 Å². The van der Waals surface area contributed by atoms with Gasteiger partial charge in [-0.15, -0.1) is 0 Å². The summed E-state index contributed by atoms with van der Waals surface area (Å²) in [4.78, 5) is 0. The van der Waals surface area contributed by atoms with Crippen LogP contribution in [0.15, 0.2) is 18.2 Å². The van der Waals surface area contributed by atoms with Gasteiger partial charge in [-0.3, -0.25) is 0 Å². The molecule has 0 heterocycles. The Labute approximate surface area is 103 Å². The summed E-state index contributed by atoms with van der Waals surface area (Å²) in [6, 6.07) is 5.61. The van der Waals surface area contributed by atoms with Crippen molar-refractivity contribution in [3.8, 4) is 0 Å². The average Bonchev–Trinajstić information content (AvgIpc) is 2.59. The predicted octanol–water partition coefficient (Wildman–Crippen LogP) is 3.84. The molecular formula is C15H22FN. The Bertz CT molecular complexity index is 392. The molecule has 0 bridgehead atoms. The lowest BCUT2D eigenvalue weighted by atomic mass is 9.92.